The lowest BCUT2D eigenvalue weighted by atomic mass is 10.2. The van der Waals surface area contributed by atoms with E-state index in [0.29, 0.717) is 10.6 Å². The molecule has 0 spiro atoms. The van der Waals surface area contributed by atoms with Crippen LogP contribution in [0.25, 0.3) is 6.08 Å². The van der Waals surface area contributed by atoms with E-state index in [9.17, 15) is 9.59 Å². The van der Waals surface area contributed by atoms with E-state index >= 15 is 0 Å². The second kappa shape index (κ2) is 12.2. The van der Waals surface area contributed by atoms with Gasteiger partial charge in [0.05, 0.1) is 11.2 Å². The van der Waals surface area contributed by atoms with Gasteiger partial charge in [-0.1, -0.05) is 75.5 Å². The Labute approximate surface area is 208 Å². The zero-order chi connectivity index (χ0) is 23.6. The summed E-state index contributed by atoms with van der Waals surface area (Å²) in [5.74, 6) is -0.498. The van der Waals surface area contributed by atoms with Crippen molar-refractivity contribution in [3.8, 4) is 11.5 Å². The van der Waals surface area contributed by atoms with E-state index in [1.54, 1.807) is 42.5 Å². The minimum atomic E-state index is -0.549. The Morgan fingerprint density at radius 1 is 1.00 bits per heavy atom. The third-order valence-electron chi connectivity index (χ3n) is 4.06. The molecule has 3 rings (SSSR count). The quantitative estimate of drug-likeness (QED) is 0.125. The third kappa shape index (κ3) is 7.75. The van der Waals surface area contributed by atoms with Crippen LogP contribution in [0.5, 0.6) is 11.5 Å². The van der Waals surface area contributed by atoms with Crippen LogP contribution in [0.2, 0.25) is 10.0 Å². The molecular formula is C24H17BrCl2N2O4. The Hall–Kier alpha value is -3.13. The van der Waals surface area contributed by atoms with E-state index in [1.165, 1.54) is 12.3 Å². The van der Waals surface area contributed by atoms with Crippen molar-refractivity contribution in [3.05, 3.63) is 98.5 Å². The van der Waals surface area contributed by atoms with Crippen molar-refractivity contribution >= 4 is 63.3 Å². The number of nitrogens with zero attached hydrogens (tertiary/aromatic N) is 1. The van der Waals surface area contributed by atoms with Gasteiger partial charge >= 0.3 is 5.97 Å². The molecule has 0 saturated carbocycles. The van der Waals surface area contributed by atoms with Crippen LogP contribution >= 0.6 is 39.1 Å². The predicted molar refractivity (Wildman–Crippen MR) is 133 cm³/mol. The maximum Gasteiger partial charge on any atom is 0.336 e. The first kappa shape index (κ1) is 24.5. The molecule has 33 heavy (non-hydrogen) atoms. The van der Waals surface area contributed by atoms with Crippen molar-refractivity contribution in [2.24, 2.45) is 5.10 Å². The van der Waals surface area contributed by atoms with E-state index in [4.69, 9.17) is 32.7 Å². The van der Waals surface area contributed by atoms with Crippen LogP contribution < -0.4 is 14.9 Å². The minimum Gasteiger partial charge on any atom is -0.482 e. The molecule has 0 aliphatic heterocycles. The molecule has 0 atom stereocenters. The number of hydrogen-bond acceptors (Lipinski definition) is 5. The van der Waals surface area contributed by atoms with E-state index in [-0.39, 0.29) is 23.1 Å². The van der Waals surface area contributed by atoms with Gasteiger partial charge in [-0.25, -0.2) is 10.2 Å². The van der Waals surface area contributed by atoms with Crippen molar-refractivity contribution in [2.75, 3.05) is 6.61 Å². The van der Waals surface area contributed by atoms with Gasteiger partial charge in [0, 0.05) is 16.1 Å². The first-order chi connectivity index (χ1) is 15.9. The minimum absolute atomic E-state index is 0.220. The third-order valence-corrected chi connectivity index (χ3v) is 5.36. The Morgan fingerprint density at radius 3 is 2.58 bits per heavy atom. The Morgan fingerprint density at radius 2 is 1.79 bits per heavy atom. The van der Waals surface area contributed by atoms with Crippen LogP contribution in [-0.4, -0.2) is 24.7 Å². The summed E-state index contributed by atoms with van der Waals surface area (Å²) < 4.78 is 11.5. The monoisotopic (exact) mass is 546 g/mol. The molecule has 3 aromatic carbocycles. The van der Waals surface area contributed by atoms with Gasteiger partial charge in [-0.15, -0.1) is 0 Å². The van der Waals surface area contributed by atoms with E-state index in [0.717, 1.165) is 10.0 Å². The number of halogens is 3. The van der Waals surface area contributed by atoms with Crippen molar-refractivity contribution in [2.45, 2.75) is 0 Å². The molecular weight excluding hydrogens is 531 g/mol. The normalized spacial score (nSPS) is 11.0. The number of esters is 1. The fourth-order valence-electron chi connectivity index (χ4n) is 2.53. The van der Waals surface area contributed by atoms with Crippen molar-refractivity contribution in [1.29, 1.82) is 0 Å². The van der Waals surface area contributed by atoms with Crippen LogP contribution in [0.15, 0.2) is 82.4 Å². The first-order valence-electron chi connectivity index (χ1n) is 9.55. The lowest BCUT2D eigenvalue weighted by Gasteiger charge is -2.08. The summed E-state index contributed by atoms with van der Waals surface area (Å²) >= 11 is 15.3. The molecule has 0 radical (unpaired) electrons. The summed E-state index contributed by atoms with van der Waals surface area (Å²) in [7, 11) is 0. The number of hydrazone groups is 1. The van der Waals surface area contributed by atoms with Gasteiger partial charge < -0.3 is 9.47 Å². The molecule has 0 saturated heterocycles. The number of carbonyl (C=O) groups is 2. The molecule has 0 aliphatic rings. The van der Waals surface area contributed by atoms with Gasteiger partial charge in [0.15, 0.2) is 6.61 Å². The molecule has 1 amide bonds. The fraction of sp³-hybridized carbons (Fsp3) is 0.0417. The molecule has 0 aromatic heterocycles. The summed E-state index contributed by atoms with van der Waals surface area (Å²) in [6, 6.07) is 19.3. The fourth-order valence-corrected chi connectivity index (χ4v) is 3.25. The number of rotatable bonds is 8. The topological polar surface area (TPSA) is 77.0 Å². The molecule has 168 valence electrons. The molecule has 6 nitrogen and oxygen atoms in total. The van der Waals surface area contributed by atoms with Gasteiger partial charge in [0.1, 0.15) is 16.5 Å². The molecule has 3 aromatic rings. The maximum absolute atomic E-state index is 12.2. The number of ether oxygens (including phenoxy) is 2. The molecule has 9 heteroatoms. The molecule has 0 heterocycles. The van der Waals surface area contributed by atoms with Gasteiger partial charge in [-0.3, -0.25) is 4.79 Å². The zero-order valence-electron chi connectivity index (χ0n) is 17.0. The molecule has 0 bridgehead atoms. The number of hydrogen-bond donors (Lipinski definition) is 1. The van der Waals surface area contributed by atoms with E-state index < -0.39 is 11.9 Å². The highest BCUT2D eigenvalue weighted by Crippen LogP contribution is 2.31. The standard InChI is InChI=1S/C24H17BrCl2N2O4/c25-18-10-11-20(33-23(31)12-9-16-5-2-1-3-6-16)17(13-18)14-28-29-22(30)15-32-21-8-4-7-19(26)24(21)27/h1-14H,15H2,(H,29,30). The number of benzene rings is 3. The lowest BCUT2D eigenvalue weighted by Crippen LogP contribution is -2.24. The lowest BCUT2D eigenvalue weighted by molar-refractivity contribution is -0.129. The summed E-state index contributed by atoms with van der Waals surface area (Å²) in [5.41, 5.74) is 3.69. The largest absolute Gasteiger partial charge is 0.482 e. The molecule has 0 aliphatic carbocycles. The maximum atomic E-state index is 12.2. The first-order valence-corrected chi connectivity index (χ1v) is 11.1. The summed E-state index contributed by atoms with van der Waals surface area (Å²) in [4.78, 5) is 24.2. The average molecular weight is 548 g/mol. The summed E-state index contributed by atoms with van der Waals surface area (Å²) in [6.45, 7) is -0.317. The average Bonchev–Trinajstić information content (AvgIpc) is 2.81. The van der Waals surface area contributed by atoms with Crippen molar-refractivity contribution < 1.29 is 19.1 Å². The molecule has 0 unspecified atom stereocenters. The van der Waals surface area contributed by atoms with E-state index in [1.807, 2.05) is 30.3 Å². The van der Waals surface area contributed by atoms with Crippen LogP contribution in [0.3, 0.4) is 0 Å². The van der Waals surface area contributed by atoms with Crippen LogP contribution in [0.1, 0.15) is 11.1 Å². The molecule has 0 fully saturated rings. The Kier molecular flexibility index (Phi) is 9.06. The summed E-state index contributed by atoms with van der Waals surface area (Å²) in [5, 5.41) is 4.44. The highest BCUT2D eigenvalue weighted by molar-refractivity contribution is 9.10. The van der Waals surface area contributed by atoms with Crippen molar-refractivity contribution in [1.82, 2.24) is 5.43 Å². The predicted octanol–water partition coefficient (Wildman–Crippen LogP) is 5.90. The van der Waals surface area contributed by atoms with Gasteiger partial charge in [-0.2, -0.15) is 5.10 Å². The van der Waals surface area contributed by atoms with Gasteiger partial charge in [-0.05, 0) is 42.0 Å². The highest BCUT2D eigenvalue weighted by atomic mass is 79.9. The number of amides is 1. The van der Waals surface area contributed by atoms with Crippen LogP contribution in [-0.2, 0) is 9.59 Å². The SMILES string of the molecule is O=C(COc1cccc(Cl)c1Cl)NN=Cc1cc(Br)ccc1OC(=O)C=Cc1ccccc1. The Balaban J connectivity index is 1.59. The summed E-state index contributed by atoms with van der Waals surface area (Å²) in [6.07, 6.45) is 4.35. The second-order valence-electron chi connectivity index (χ2n) is 6.48. The highest BCUT2D eigenvalue weighted by Gasteiger charge is 2.09. The molecule has 1 N–H and O–H groups in total. The number of carbonyl (C=O) groups excluding carboxylic acids is 2. The van der Waals surface area contributed by atoms with E-state index in [2.05, 4.69) is 26.5 Å². The smallest absolute Gasteiger partial charge is 0.336 e. The van der Waals surface area contributed by atoms with Gasteiger partial charge in [0.2, 0.25) is 0 Å². The van der Waals surface area contributed by atoms with Crippen LogP contribution in [0.4, 0.5) is 0 Å². The Bertz CT molecular complexity index is 1200. The zero-order valence-corrected chi connectivity index (χ0v) is 20.1. The van der Waals surface area contributed by atoms with Gasteiger partial charge in [0.25, 0.3) is 5.91 Å². The van der Waals surface area contributed by atoms with Crippen LogP contribution in [0, 0.1) is 0 Å². The second-order valence-corrected chi connectivity index (χ2v) is 8.18. The number of nitrogens with one attached hydrogen (secondary N) is 1. The van der Waals surface area contributed by atoms with Crippen molar-refractivity contribution in [3.63, 3.8) is 0 Å².